The summed E-state index contributed by atoms with van der Waals surface area (Å²) in [5, 5.41) is 0. The Bertz CT molecular complexity index is 462. The summed E-state index contributed by atoms with van der Waals surface area (Å²) in [5.41, 5.74) is 2.07. The quantitative estimate of drug-likeness (QED) is 0.556. The van der Waals surface area contributed by atoms with Crippen LogP contribution in [0.25, 0.3) is 6.08 Å². The molecule has 104 valence electrons. The highest BCUT2D eigenvalue weighted by molar-refractivity contribution is 5.50. The van der Waals surface area contributed by atoms with Gasteiger partial charge in [0.1, 0.15) is 6.10 Å². The fourth-order valence-electron chi connectivity index (χ4n) is 2.50. The van der Waals surface area contributed by atoms with Crippen molar-refractivity contribution in [1.29, 1.82) is 0 Å². The van der Waals surface area contributed by atoms with Crippen LogP contribution >= 0.6 is 0 Å². The van der Waals surface area contributed by atoms with Crippen LogP contribution < -0.4 is 4.74 Å². The highest BCUT2D eigenvalue weighted by Crippen LogP contribution is 2.28. The first-order chi connectivity index (χ1) is 9.26. The van der Waals surface area contributed by atoms with Gasteiger partial charge in [-0.15, -0.1) is 0 Å². The van der Waals surface area contributed by atoms with E-state index in [9.17, 15) is 0 Å². The molecule has 0 aromatic carbocycles. The van der Waals surface area contributed by atoms with Gasteiger partial charge in [-0.3, -0.25) is 9.56 Å². The largest absolute Gasteiger partial charge is 0.459 e. The number of aryl methyl sites for hydroxylation is 1. The number of ether oxygens (including phenoxy) is 1. The van der Waals surface area contributed by atoms with E-state index in [-0.39, 0.29) is 6.10 Å². The maximum atomic E-state index is 5.90. The van der Waals surface area contributed by atoms with Crippen LogP contribution in [0, 0.1) is 6.92 Å². The number of nitrogens with zero attached hydrogens (tertiary/aromatic N) is 3. The zero-order valence-electron chi connectivity index (χ0n) is 11.9. The van der Waals surface area contributed by atoms with Crippen LogP contribution in [0.4, 0.5) is 0 Å². The van der Waals surface area contributed by atoms with E-state index in [1.807, 2.05) is 13.0 Å². The van der Waals surface area contributed by atoms with E-state index in [1.54, 1.807) is 6.20 Å². The molecular weight excluding hydrogens is 238 g/mol. The van der Waals surface area contributed by atoms with Crippen LogP contribution in [0.3, 0.4) is 0 Å². The second kappa shape index (κ2) is 6.55. The van der Waals surface area contributed by atoms with Gasteiger partial charge in [0.25, 0.3) is 6.01 Å². The van der Waals surface area contributed by atoms with Crippen LogP contribution in [-0.2, 0) is 6.54 Å². The summed E-state index contributed by atoms with van der Waals surface area (Å²) < 4.78 is 8.04. The van der Waals surface area contributed by atoms with Crippen LogP contribution in [-0.4, -0.2) is 22.4 Å². The fraction of sp³-hybridized carbons (Fsp3) is 0.600. The molecule has 0 radical (unpaired) electrons. The number of aromatic nitrogens is 2. The van der Waals surface area contributed by atoms with Gasteiger partial charge in [0, 0.05) is 6.20 Å². The molecule has 0 amide bonds. The summed E-state index contributed by atoms with van der Waals surface area (Å²) in [5.74, 6) is 0. The molecule has 0 saturated carbocycles. The lowest BCUT2D eigenvalue weighted by atomic mass is 10.1. The first-order valence-corrected chi connectivity index (χ1v) is 7.12. The van der Waals surface area contributed by atoms with E-state index >= 15 is 0 Å². The average Bonchev–Trinajstić information content (AvgIpc) is 2.89. The second-order valence-electron chi connectivity index (χ2n) is 5.06. The van der Waals surface area contributed by atoms with Gasteiger partial charge in [-0.1, -0.05) is 26.2 Å². The Hall–Kier alpha value is -1.58. The molecule has 4 heteroatoms. The van der Waals surface area contributed by atoms with Gasteiger partial charge >= 0.3 is 0 Å². The average molecular weight is 261 g/mol. The van der Waals surface area contributed by atoms with Crippen molar-refractivity contribution in [3.8, 4) is 6.01 Å². The molecule has 4 nitrogen and oxygen atoms in total. The first kappa shape index (κ1) is 13.8. The van der Waals surface area contributed by atoms with Crippen molar-refractivity contribution in [2.75, 3.05) is 0 Å². The minimum absolute atomic E-state index is 0.281. The van der Waals surface area contributed by atoms with Crippen molar-refractivity contribution in [3.05, 3.63) is 17.6 Å². The molecule has 0 fully saturated rings. The van der Waals surface area contributed by atoms with E-state index in [4.69, 9.17) is 4.74 Å². The van der Waals surface area contributed by atoms with Crippen molar-refractivity contribution >= 4 is 12.8 Å². The molecule has 1 unspecified atom stereocenters. The lowest BCUT2D eigenvalue weighted by molar-refractivity contribution is 0.208. The summed E-state index contributed by atoms with van der Waals surface area (Å²) >= 11 is 0. The molecule has 0 bridgehead atoms. The second-order valence-corrected chi connectivity index (χ2v) is 5.06. The van der Waals surface area contributed by atoms with Gasteiger partial charge in [0.05, 0.1) is 17.9 Å². The maximum Gasteiger partial charge on any atom is 0.297 e. The zero-order valence-corrected chi connectivity index (χ0v) is 11.9. The molecule has 0 N–H and O–H groups in total. The van der Waals surface area contributed by atoms with Gasteiger partial charge in [0.15, 0.2) is 0 Å². The van der Waals surface area contributed by atoms with Crippen molar-refractivity contribution < 1.29 is 4.74 Å². The number of aliphatic imine (C=N–C) groups is 1. The van der Waals surface area contributed by atoms with E-state index in [0.29, 0.717) is 0 Å². The summed E-state index contributed by atoms with van der Waals surface area (Å²) in [6, 6.07) is 0.752. The normalized spacial score (nSPS) is 17.7. The first-order valence-electron chi connectivity index (χ1n) is 7.12. The monoisotopic (exact) mass is 261 g/mol. The Morgan fingerprint density at radius 1 is 1.47 bits per heavy atom. The van der Waals surface area contributed by atoms with Gasteiger partial charge < -0.3 is 4.74 Å². The molecule has 0 aliphatic carbocycles. The SMILES string of the molecule is C=N/C=C\c1c(C)nc2n1CC(CCCCCC)O2. The molecule has 2 rings (SSSR count). The molecule has 1 atom stereocenters. The zero-order chi connectivity index (χ0) is 13.7. The smallest absolute Gasteiger partial charge is 0.297 e. The van der Waals surface area contributed by atoms with E-state index < -0.39 is 0 Å². The number of hydrogen-bond donors (Lipinski definition) is 0. The summed E-state index contributed by atoms with van der Waals surface area (Å²) in [7, 11) is 0. The molecular formula is C15H23N3O. The summed E-state index contributed by atoms with van der Waals surface area (Å²) in [6.45, 7) is 8.59. The minimum atomic E-state index is 0.281. The number of imidazole rings is 1. The van der Waals surface area contributed by atoms with Gasteiger partial charge in [-0.25, -0.2) is 0 Å². The van der Waals surface area contributed by atoms with E-state index in [2.05, 4.69) is 28.2 Å². The Morgan fingerprint density at radius 2 is 2.32 bits per heavy atom. The molecule has 1 aromatic rings. The van der Waals surface area contributed by atoms with Gasteiger partial charge in [-0.2, -0.15) is 4.98 Å². The fourth-order valence-corrected chi connectivity index (χ4v) is 2.50. The minimum Gasteiger partial charge on any atom is -0.459 e. The molecule has 1 aliphatic heterocycles. The molecule has 0 spiro atoms. The number of hydrogen-bond acceptors (Lipinski definition) is 3. The Labute approximate surface area is 115 Å². The molecule has 2 heterocycles. The predicted octanol–water partition coefficient (Wildman–Crippen LogP) is 3.59. The van der Waals surface area contributed by atoms with Crippen molar-refractivity contribution in [1.82, 2.24) is 9.55 Å². The highest BCUT2D eigenvalue weighted by Gasteiger charge is 2.26. The summed E-state index contributed by atoms with van der Waals surface area (Å²) in [6.07, 6.45) is 10.2. The Balaban J connectivity index is 1.94. The Kier molecular flexibility index (Phi) is 4.77. The highest BCUT2D eigenvalue weighted by atomic mass is 16.5. The third-order valence-corrected chi connectivity index (χ3v) is 3.53. The van der Waals surface area contributed by atoms with E-state index in [1.165, 1.54) is 25.7 Å². The molecule has 1 aromatic heterocycles. The summed E-state index contributed by atoms with van der Waals surface area (Å²) in [4.78, 5) is 8.22. The third kappa shape index (κ3) is 3.25. The van der Waals surface area contributed by atoms with Gasteiger partial charge in [-0.05, 0) is 32.6 Å². The number of unbranched alkanes of at least 4 members (excludes halogenated alkanes) is 3. The molecule has 19 heavy (non-hydrogen) atoms. The van der Waals surface area contributed by atoms with Gasteiger partial charge in [0.2, 0.25) is 0 Å². The Morgan fingerprint density at radius 3 is 3.05 bits per heavy atom. The molecule has 0 saturated heterocycles. The van der Waals surface area contributed by atoms with Crippen molar-refractivity contribution in [3.63, 3.8) is 0 Å². The van der Waals surface area contributed by atoms with Crippen LogP contribution in [0.2, 0.25) is 0 Å². The number of fused-ring (bicyclic) bond motifs is 1. The van der Waals surface area contributed by atoms with Crippen LogP contribution in [0.15, 0.2) is 11.2 Å². The van der Waals surface area contributed by atoms with E-state index in [0.717, 1.165) is 30.4 Å². The standard InChI is InChI=1S/C15H23N3O/c1-4-5-6-7-8-13-11-18-14(9-10-16-3)12(2)17-15(18)19-13/h9-10,13H,3-8,11H2,1-2H3/b10-9-. The van der Waals surface area contributed by atoms with Crippen LogP contribution in [0.5, 0.6) is 6.01 Å². The lowest BCUT2D eigenvalue weighted by Gasteiger charge is -2.09. The van der Waals surface area contributed by atoms with Crippen LogP contribution in [0.1, 0.15) is 50.4 Å². The predicted molar refractivity (Wildman–Crippen MR) is 78.7 cm³/mol. The van der Waals surface area contributed by atoms with Crippen molar-refractivity contribution in [2.45, 2.75) is 58.6 Å². The third-order valence-electron chi connectivity index (χ3n) is 3.53. The maximum absolute atomic E-state index is 5.90. The lowest BCUT2D eigenvalue weighted by Crippen LogP contribution is -2.15. The topological polar surface area (TPSA) is 39.4 Å². The van der Waals surface area contributed by atoms with Crippen molar-refractivity contribution in [2.24, 2.45) is 4.99 Å². The number of rotatable bonds is 7. The molecule has 1 aliphatic rings.